The monoisotopic (exact) mass is 222 g/mol. The summed E-state index contributed by atoms with van der Waals surface area (Å²) in [6.07, 6.45) is 7.19. The van der Waals surface area contributed by atoms with Gasteiger partial charge in [-0.1, -0.05) is 6.92 Å². The molecule has 2 heteroatoms. The van der Waals surface area contributed by atoms with Crippen LogP contribution < -0.4 is 5.32 Å². The summed E-state index contributed by atoms with van der Waals surface area (Å²) in [5, 5.41) is 3.84. The van der Waals surface area contributed by atoms with Gasteiger partial charge in [-0.2, -0.15) is 0 Å². The van der Waals surface area contributed by atoms with Gasteiger partial charge in [0.2, 0.25) is 0 Å². The molecule has 1 saturated heterocycles. The van der Waals surface area contributed by atoms with Crippen LogP contribution in [0.1, 0.15) is 46.0 Å². The maximum Gasteiger partial charge on any atom is 0.0309 e. The van der Waals surface area contributed by atoms with E-state index in [9.17, 15) is 0 Å². The first-order chi connectivity index (χ1) is 7.71. The van der Waals surface area contributed by atoms with Gasteiger partial charge in [0.1, 0.15) is 0 Å². The summed E-state index contributed by atoms with van der Waals surface area (Å²) >= 11 is 0. The average molecular weight is 222 g/mol. The molecule has 0 aromatic rings. The minimum absolute atomic E-state index is 0.431. The molecule has 0 bridgehead atoms. The molecule has 0 aromatic carbocycles. The highest BCUT2D eigenvalue weighted by Crippen LogP contribution is 2.42. The van der Waals surface area contributed by atoms with Gasteiger partial charge in [0, 0.05) is 31.2 Å². The Morgan fingerprint density at radius 2 is 2.00 bits per heavy atom. The lowest BCUT2D eigenvalue weighted by Crippen LogP contribution is -2.64. The Kier molecular flexibility index (Phi) is 2.75. The van der Waals surface area contributed by atoms with Crippen LogP contribution in [-0.2, 0) is 0 Å². The zero-order valence-corrected chi connectivity index (χ0v) is 10.8. The Hall–Kier alpha value is -0.0800. The summed E-state index contributed by atoms with van der Waals surface area (Å²) in [7, 11) is 0. The molecule has 3 fully saturated rings. The molecule has 2 unspecified atom stereocenters. The van der Waals surface area contributed by atoms with E-state index in [0.717, 1.165) is 17.9 Å². The van der Waals surface area contributed by atoms with Crippen molar-refractivity contribution in [3.8, 4) is 0 Å². The van der Waals surface area contributed by atoms with E-state index in [1.807, 2.05) is 0 Å². The summed E-state index contributed by atoms with van der Waals surface area (Å²) in [5.74, 6) is 2.00. The van der Waals surface area contributed by atoms with Crippen molar-refractivity contribution in [2.75, 3.05) is 19.6 Å². The van der Waals surface area contributed by atoms with Crippen LogP contribution >= 0.6 is 0 Å². The second kappa shape index (κ2) is 3.99. The smallest absolute Gasteiger partial charge is 0.0309 e. The molecule has 92 valence electrons. The van der Waals surface area contributed by atoms with Crippen LogP contribution in [-0.4, -0.2) is 36.1 Å². The summed E-state index contributed by atoms with van der Waals surface area (Å²) in [6, 6.07) is 0.799. The summed E-state index contributed by atoms with van der Waals surface area (Å²) in [4.78, 5) is 2.80. The van der Waals surface area contributed by atoms with Crippen molar-refractivity contribution in [3.05, 3.63) is 0 Å². The third-order valence-electron chi connectivity index (χ3n) is 4.93. The molecule has 2 saturated carbocycles. The van der Waals surface area contributed by atoms with Gasteiger partial charge in [-0.05, 0) is 50.9 Å². The Morgan fingerprint density at radius 3 is 2.56 bits per heavy atom. The van der Waals surface area contributed by atoms with E-state index >= 15 is 0 Å². The van der Waals surface area contributed by atoms with Crippen molar-refractivity contribution in [2.24, 2.45) is 11.8 Å². The van der Waals surface area contributed by atoms with Gasteiger partial charge < -0.3 is 5.32 Å². The van der Waals surface area contributed by atoms with Gasteiger partial charge in [-0.3, -0.25) is 4.90 Å². The molecule has 3 aliphatic rings. The van der Waals surface area contributed by atoms with Crippen molar-refractivity contribution in [3.63, 3.8) is 0 Å². The molecule has 0 radical (unpaired) electrons. The van der Waals surface area contributed by atoms with Gasteiger partial charge in [0.05, 0.1) is 0 Å². The number of piperazine rings is 1. The second-order valence-electron chi connectivity index (χ2n) is 6.51. The molecule has 1 N–H and O–H groups in total. The molecular weight excluding hydrogens is 196 g/mol. The summed E-state index contributed by atoms with van der Waals surface area (Å²) in [6.45, 7) is 8.69. The standard InChI is InChI=1S/C14H26N2/c1-3-13-8-15-14(2,12-6-7-12)10-16(13)9-11-4-5-11/h11-13,15H,3-10H2,1-2H3. The fraction of sp³-hybridized carbons (Fsp3) is 1.00. The van der Waals surface area contributed by atoms with E-state index in [2.05, 4.69) is 24.1 Å². The second-order valence-corrected chi connectivity index (χ2v) is 6.51. The normalized spacial score (nSPS) is 41.2. The van der Waals surface area contributed by atoms with Crippen LogP contribution in [0.3, 0.4) is 0 Å². The minimum Gasteiger partial charge on any atom is -0.308 e. The molecule has 0 aromatic heterocycles. The average Bonchev–Trinajstić information content (AvgIpc) is 3.12. The van der Waals surface area contributed by atoms with Crippen molar-refractivity contribution >= 4 is 0 Å². The molecule has 0 spiro atoms. The molecule has 1 heterocycles. The number of hydrogen-bond acceptors (Lipinski definition) is 2. The predicted octanol–water partition coefficient (Wildman–Crippen LogP) is 2.25. The van der Waals surface area contributed by atoms with E-state index in [0.29, 0.717) is 5.54 Å². The van der Waals surface area contributed by atoms with Gasteiger partial charge in [0.25, 0.3) is 0 Å². The Balaban J connectivity index is 1.65. The maximum absolute atomic E-state index is 3.84. The summed E-state index contributed by atoms with van der Waals surface area (Å²) in [5.41, 5.74) is 0.431. The topological polar surface area (TPSA) is 15.3 Å². The maximum atomic E-state index is 3.84. The van der Waals surface area contributed by atoms with Crippen molar-refractivity contribution < 1.29 is 0 Å². The zero-order valence-electron chi connectivity index (χ0n) is 10.8. The molecule has 2 nitrogen and oxygen atoms in total. The van der Waals surface area contributed by atoms with Gasteiger partial charge in [-0.25, -0.2) is 0 Å². The van der Waals surface area contributed by atoms with E-state index in [1.54, 1.807) is 0 Å². The number of rotatable bonds is 4. The molecule has 3 rings (SSSR count). The lowest BCUT2D eigenvalue weighted by atomic mass is 9.90. The van der Waals surface area contributed by atoms with E-state index in [4.69, 9.17) is 0 Å². The Morgan fingerprint density at radius 1 is 1.25 bits per heavy atom. The summed E-state index contributed by atoms with van der Waals surface area (Å²) < 4.78 is 0. The molecule has 0 amide bonds. The highest BCUT2D eigenvalue weighted by atomic mass is 15.3. The molecule has 1 aliphatic heterocycles. The van der Waals surface area contributed by atoms with Crippen LogP contribution in [0.4, 0.5) is 0 Å². The number of hydrogen-bond donors (Lipinski definition) is 1. The quantitative estimate of drug-likeness (QED) is 0.785. The van der Waals surface area contributed by atoms with Gasteiger partial charge >= 0.3 is 0 Å². The molecule has 2 aliphatic carbocycles. The Bertz CT molecular complexity index is 257. The van der Waals surface area contributed by atoms with Crippen LogP contribution in [0.15, 0.2) is 0 Å². The van der Waals surface area contributed by atoms with Crippen LogP contribution in [0.2, 0.25) is 0 Å². The largest absolute Gasteiger partial charge is 0.308 e. The van der Waals surface area contributed by atoms with E-state index in [1.165, 1.54) is 51.7 Å². The first-order valence-electron chi connectivity index (χ1n) is 7.20. The lowest BCUT2D eigenvalue weighted by molar-refractivity contribution is 0.0690. The highest BCUT2D eigenvalue weighted by molar-refractivity contribution is 5.04. The van der Waals surface area contributed by atoms with Crippen molar-refractivity contribution in [1.82, 2.24) is 10.2 Å². The SMILES string of the molecule is CCC1CNC(C)(C2CC2)CN1CC1CC1. The van der Waals surface area contributed by atoms with E-state index < -0.39 is 0 Å². The number of nitrogens with one attached hydrogen (secondary N) is 1. The van der Waals surface area contributed by atoms with Crippen molar-refractivity contribution in [2.45, 2.75) is 57.5 Å². The highest BCUT2D eigenvalue weighted by Gasteiger charge is 2.46. The third-order valence-corrected chi connectivity index (χ3v) is 4.93. The van der Waals surface area contributed by atoms with Crippen LogP contribution in [0, 0.1) is 11.8 Å². The first-order valence-corrected chi connectivity index (χ1v) is 7.20. The number of nitrogens with zero attached hydrogens (tertiary/aromatic N) is 1. The minimum atomic E-state index is 0.431. The molecule has 2 atom stereocenters. The molecule has 16 heavy (non-hydrogen) atoms. The van der Waals surface area contributed by atoms with Crippen LogP contribution in [0.5, 0.6) is 0 Å². The lowest BCUT2D eigenvalue weighted by Gasteiger charge is -2.46. The van der Waals surface area contributed by atoms with Gasteiger partial charge in [0.15, 0.2) is 0 Å². The predicted molar refractivity (Wildman–Crippen MR) is 67.5 cm³/mol. The fourth-order valence-corrected chi connectivity index (χ4v) is 3.33. The van der Waals surface area contributed by atoms with Gasteiger partial charge in [-0.15, -0.1) is 0 Å². The third kappa shape index (κ3) is 2.14. The fourth-order valence-electron chi connectivity index (χ4n) is 3.33. The molecular formula is C14H26N2. The van der Waals surface area contributed by atoms with E-state index in [-0.39, 0.29) is 0 Å². The first kappa shape index (κ1) is 11.0. The van der Waals surface area contributed by atoms with Crippen LogP contribution in [0.25, 0.3) is 0 Å². The van der Waals surface area contributed by atoms with Crippen molar-refractivity contribution in [1.29, 1.82) is 0 Å². The zero-order chi connectivity index (χ0) is 11.2. The Labute approximate surface area is 99.8 Å².